The van der Waals surface area contributed by atoms with E-state index in [1.165, 1.54) is 31.0 Å². The minimum atomic E-state index is -0.385. The first-order chi connectivity index (χ1) is 12.1. The Bertz CT molecular complexity index is 891. The molecular formula is C18H17N3O3S. The molecule has 0 saturated heterocycles. The fourth-order valence-electron chi connectivity index (χ4n) is 2.19. The van der Waals surface area contributed by atoms with Crippen LogP contribution in [0.3, 0.4) is 0 Å². The van der Waals surface area contributed by atoms with Gasteiger partial charge in [-0.15, -0.1) is 0 Å². The van der Waals surface area contributed by atoms with Crippen molar-refractivity contribution >= 4 is 23.4 Å². The fourth-order valence-corrected chi connectivity index (χ4v) is 2.99. The lowest BCUT2D eigenvalue weighted by molar-refractivity contribution is 0.102. The third-order valence-corrected chi connectivity index (χ3v) is 4.63. The van der Waals surface area contributed by atoms with E-state index < -0.39 is 0 Å². The zero-order chi connectivity index (χ0) is 17.8. The molecule has 1 aromatic heterocycles. The Labute approximate surface area is 149 Å². The molecule has 2 N–H and O–H groups in total. The molecule has 25 heavy (non-hydrogen) atoms. The van der Waals surface area contributed by atoms with Gasteiger partial charge in [0.1, 0.15) is 11.5 Å². The standard InChI is InChI=1S/C18H17N3O3S/c1-21-10-9-19-18(21)25-14-6-3-12(4-7-14)20-17(23)15-8-5-13(24-2)11-16(15)22/h3-11,22H,1-2H3,(H,20,23). The Hall–Kier alpha value is -2.93. The summed E-state index contributed by atoms with van der Waals surface area (Å²) in [5.41, 5.74) is 0.830. The molecule has 0 unspecified atom stereocenters. The number of hydrogen-bond donors (Lipinski definition) is 2. The fraction of sp³-hybridized carbons (Fsp3) is 0.111. The summed E-state index contributed by atoms with van der Waals surface area (Å²) in [4.78, 5) is 17.6. The van der Waals surface area contributed by atoms with Crippen molar-refractivity contribution < 1.29 is 14.6 Å². The van der Waals surface area contributed by atoms with Gasteiger partial charge in [0.25, 0.3) is 5.91 Å². The van der Waals surface area contributed by atoms with E-state index in [1.807, 2.05) is 42.1 Å². The number of carbonyl (C=O) groups is 1. The number of nitrogens with one attached hydrogen (secondary N) is 1. The number of anilines is 1. The van der Waals surface area contributed by atoms with Gasteiger partial charge in [-0.3, -0.25) is 4.79 Å². The highest BCUT2D eigenvalue weighted by atomic mass is 32.2. The molecule has 1 heterocycles. The Balaban J connectivity index is 1.69. The Kier molecular flexibility index (Phi) is 4.95. The number of phenolic OH excluding ortho intramolecular Hbond substituents is 1. The van der Waals surface area contributed by atoms with Crippen molar-refractivity contribution in [2.45, 2.75) is 10.1 Å². The number of methoxy groups -OCH3 is 1. The lowest BCUT2D eigenvalue weighted by atomic mass is 10.1. The molecule has 0 fully saturated rings. The van der Waals surface area contributed by atoms with Gasteiger partial charge in [0.2, 0.25) is 0 Å². The summed E-state index contributed by atoms with van der Waals surface area (Å²) >= 11 is 1.54. The van der Waals surface area contributed by atoms with Crippen molar-refractivity contribution in [3.8, 4) is 11.5 Å². The molecule has 0 aliphatic heterocycles. The van der Waals surface area contributed by atoms with Crippen LogP contribution in [0.1, 0.15) is 10.4 Å². The van der Waals surface area contributed by atoms with E-state index in [9.17, 15) is 9.90 Å². The summed E-state index contributed by atoms with van der Waals surface area (Å²) in [6, 6.07) is 12.0. The van der Waals surface area contributed by atoms with Gasteiger partial charge in [0.05, 0.1) is 12.7 Å². The van der Waals surface area contributed by atoms with E-state index >= 15 is 0 Å². The van der Waals surface area contributed by atoms with Crippen LogP contribution in [0.4, 0.5) is 5.69 Å². The van der Waals surface area contributed by atoms with Crippen molar-refractivity contribution in [2.24, 2.45) is 7.05 Å². The van der Waals surface area contributed by atoms with Crippen molar-refractivity contribution in [2.75, 3.05) is 12.4 Å². The smallest absolute Gasteiger partial charge is 0.259 e. The van der Waals surface area contributed by atoms with Gasteiger partial charge in [-0.1, -0.05) is 11.8 Å². The van der Waals surface area contributed by atoms with Crippen LogP contribution >= 0.6 is 11.8 Å². The average molecular weight is 355 g/mol. The maximum absolute atomic E-state index is 12.3. The number of benzene rings is 2. The molecule has 0 aliphatic rings. The number of phenols is 1. The lowest BCUT2D eigenvalue weighted by Gasteiger charge is -2.09. The number of amides is 1. The highest BCUT2D eigenvalue weighted by Crippen LogP contribution is 2.28. The van der Waals surface area contributed by atoms with Crippen LogP contribution < -0.4 is 10.1 Å². The first kappa shape index (κ1) is 16.9. The summed E-state index contributed by atoms with van der Waals surface area (Å²) in [5.74, 6) is -0.0202. The van der Waals surface area contributed by atoms with Gasteiger partial charge in [-0.2, -0.15) is 0 Å². The van der Waals surface area contributed by atoms with Crippen LogP contribution in [0.15, 0.2) is 64.9 Å². The van der Waals surface area contributed by atoms with E-state index in [1.54, 1.807) is 12.3 Å². The summed E-state index contributed by atoms with van der Waals surface area (Å²) in [6.07, 6.45) is 3.64. The number of aromatic hydroxyl groups is 1. The Morgan fingerprint density at radius 2 is 2.00 bits per heavy atom. The molecule has 3 aromatic rings. The molecule has 0 bridgehead atoms. The van der Waals surface area contributed by atoms with E-state index in [4.69, 9.17) is 4.74 Å². The van der Waals surface area contributed by atoms with Gasteiger partial charge in [0.15, 0.2) is 5.16 Å². The highest BCUT2D eigenvalue weighted by Gasteiger charge is 2.12. The molecule has 6 nitrogen and oxygen atoms in total. The molecular weight excluding hydrogens is 338 g/mol. The summed E-state index contributed by atoms with van der Waals surface area (Å²) < 4.78 is 6.95. The molecule has 0 spiro atoms. The Morgan fingerprint density at radius 3 is 2.60 bits per heavy atom. The van der Waals surface area contributed by atoms with Crippen LogP contribution in [0.25, 0.3) is 0 Å². The van der Waals surface area contributed by atoms with Gasteiger partial charge in [-0.05, 0) is 36.4 Å². The summed E-state index contributed by atoms with van der Waals surface area (Å²) in [7, 11) is 3.43. The number of rotatable bonds is 5. The van der Waals surface area contributed by atoms with Crippen molar-refractivity contribution in [3.63, 3.8) is 0 Å². The second-order valence-corrected chi connectivity index (χ2v) is 6.33. The molecule has 0 atom stereocenters. The number of nitrogens with zero attached hydrogens (tertiary/aromatic N) is 2. The maximum Gasteiger partial charge on any atom is 0.259 e. The van der Waals surface area contributed by atoms with Crippen molar-refractivity contribution in [1.29, 1.82) is 0 Å². The predicted octanol–water partition coefficient (Wildman–Crippen LogP) is 3.54. The van der Waals surface area contributed by atoms with Crippen LogP contribution in [0, 0.1) is 0 Å². The largest absolute Gasteiger partial charge is 0.507 e. The van der Waals surface area contributed by atoms with Gasteiger partial charge in [-0.25, -0.2) is 4.98 Å². The quantitative estimate of drug-likeness (QED) is 0.732. The summed E-state index contributed by atoms with van der Waals surface area (Å²) in [5, 5.41) is 13.6. The molecule has 0 saturated carbocycles. The molecule has 0 radical (unpaired) electrons. The van der Waals surface area contributed by atoms with Crippen molar-refractivity contribution in [1.82, 2.24) is 9.55 Å². The monoisotopic (exact) mass is 355 g/mol. The van der Waals surface area contributed by atoms with E-state index in [0.717, 1.165) is 10.1 Å². The molecule has 128 valence electrons. The third kappa shape index (κ3) is 3.95. The van der Waals surface area contributed by atoms with Crippen LogP contribution in [-0.2, 0) is 7.05 Å². The van der Waals surface area contributed by atoms with Gasteiger partial charge in [0, 0.05) is 36.1 Å². The number of imidazole rings is 1. The number of aromatic nitrogens is 2. The molecule has 0 aliphatic carbocycles. The zero-order valence-corrected chi connectivity index (χ0v) is 14.6. The third-order valence-electron chi connectivity index (χ3n) is 3.55. The van der Waals surface area contributed by atoms with Gasteiger partial charge < -0.3 is 19.7 Å². The van der Waals surface area contributed by atoms with Gasteiger partial charge >= 0.3 is 0 Å². The first-order valence-corrected chi connectivity index (χ1v) is 8.32. The lowest BCUT2D eigenvalue weighted by Crippen LogP contribution is -2.12. The maximum atomic E-state index is 12.3. The van der Waals surface area contributed by atoms with E-state index in [0.29, 0.717) is 11.4 Å². The van der Waals surface area contributed by atoms with Crippen LogP contribution in [0.2, 0.25) is 0 Å². The van der Waals surface area contributed by atoms with E-state index in [2.05, 4.69) is 10.3 Å². The summed E-state index contributed by atoms with van der Waals surface area (Å²) in [6.45, 7) is 0. The van der Waals surface area contributed by atoms with E-state index in [-0.39, 0.29) is 17.2 Å². The number of hydrogen-bond acceptors (Lipinski definition) is 5. The minimum absolute atomic E-state index is 0.126. The Morgan fingerprint density at radius 1 is 1.24 bits per heavy atom. The molecule has 2 aromatic carbocycles. The number of carbonyl (C=O) groups excluding carboxylic acids is 1. The average Bonchev–Trinajstić information content (AvgIpc) is 3.01. The minimum Gasteiger partial charge on any atom is -0.507 e. The normalized spacial score (nSPS) is 10.5. The first-order valence-electron chi connectivity index (χ1n) is 7.50. The molecule has 7 heteroatoms. The zero-order valence-electron chi connectivity index (χ0n) is 13.8. The molecule has 3 rings (SSSR count). The van der Waals surface area contributed by atoms with Crippen LogP contribution in [0.5, 0.6) is 11.5 Å². The number of ether oxygens (including phenoxy) is 1. The second kappa shape index (κ2) is 7.31. The topological polar surface area (TPSA) is 76.4 Å². The van der Waals surface area contributed by atoms with Crippen molar-refractivity contribution in [3.05, 3.63) is 60.4 Å². The predicted molar refractivity (Wildman–Crippen MR) is 96.4 cm³/mol. The van der Waals surface area contributed by atoms with Crippen LogP contribution in [-0.4, -0.2) is 27.7 Å². The second-order valence-electron chi connectivity index (χ2n) is 5.28. The molecule has 1 amide bonds. The number of aryl methyl sites for hydroxylation is 1. The highest BCUT2D eigenvalue weighted by molar-refractivity contribution is 7.99. The SMILES string of the molecule is COc1ccc(C(=O)Nc2ccc(Sc3nccn3C)cc2)c(O)c1.